The Morgan fingerprint density at radius 3 is 2.81 bits per heavy atom. The maximum Gasteiger partial charge on any atom is 0.200 e. The number of fused-ring (bicyclic) bond motifs is 1. The lowest BCUT2D eigenvalue weighted by atomic mass is 9.93. The van der Waals surface area contributed by atoms with Crippen molar-refractivity contribution < 1.29 is 0 Å². The monoisotopic (exact) mass is 303 g/mol. The van der Waals surface area contributed by atoms with Crippen molar-refractivity contribution >= 4 is 22.8 Å². The van der Waals surface area contributed by atoms with Crippen LogP contribution in [0.4, 0.5) is 5.82 Å². The number of anilines is 1. The fourth-order valence-corrected chi connectivity index (χ4v) is 2.89. The largest absolute Gasteiger partial charge is 0.360 e. The second kappa shape index (κ2) is 5.03. The minimum Gasteiger partial charge on any atom is -0.360 e. The van der Waals surface area contributed by atoms with Crippen LogP contribution in [0.5, 0.6) is 0 Å². The summed E-state index contributed by atoms with van der Waals surface area (Å²) in [6, 6.07) is 3.76. The minimum atomic E-state index is 0.0675. The Bertz CT molecular complexity index is 755. The van der Waals surface area contributed by atoms with E-state index in [4.69, 9.17) is 4.98 Å². The van der Waals surface area contributed by atoms with Crippen molar-refractivity contribution in [1.29, 1.82) is 0 Å². The van der Waals surface area contributed by atoms with Crippen LogP contribution in [0, 0.1) is 0 Å². The van der Waals surface area contributed by atoms with Crippen molar-refractivity contribution in [1.82, 2.24) is 30.2 Å². The van der Waals surface area contributed by atoms with E-state index in [2.05, 4.69) is 59.0 Å². The van der Waals surface area contributed by atoms with E-state index in [0.717, 1.165) is 16.5 Å². The molecule has 0 aliphatic heterocycles. The first-order chi connectivity index (χ1) is 9.93. The van der Waals surface area contributed by atoms with Crippen LogP contribution in [0.2, 0.25) is 0 Å². The molecule has 0 aliphatic carbocycles. The van der Waals surface area contributed by atoms with Gasteiger partial charge in [0.15, 0.2) is 5.65 Å². The fourth-order valence-electron chi connectivity index (χ4n) is 1.84. The van der Waals surface area contributed by atoms with Gasteiger partial charge in [-0.2, -0.15) is 0 Å². The summed E-state index contributed by atoms with van der Waals surface area (Å²) in [5, 5.41) is 22.0. The Morgan fingerprint density at radius 2 is 2.10 bits per heavy atom. The standard InChI is InChI=1S/C13H17N7S/c1-8(12-15-9(7-21-12)13(2,3)4)14-10-5-6-11-16-18-19-20(11)17-10/h5-8H,1-4H3,(H,14,17). The molecule has 3 rings (SSSR count). The van der Waals surface area contributed by atoms with Crippen LogP contribution >= 0.6 is 11.3 Å². The molecule has 0 bridgehead atoms. The molecule has 0 saturated carbocycles. The topological polar surface area (TPSA) is 80.9 Å². The Kier molecular flexibility index (Phi) is 3.32. The van der Waals surface area contributed by atoms with Gasteiger partial charge >= 0.3 is 0 Å². The lowest BCUT2D eigenvalue weighted by molar-refractivity contribution is 0.569. The highest BCUT2D eigenvalue weighted by molar-refractivity contribution is 7.09. The van der Waals surface area contributed by atoms with Gasteiger partial charge < -0.3 is 5.32 Å². The molecule has 3 heterocycles. The third kappa shape index (κ3) is 2.85. The predicted octanol–water partition coefficient (Wildman–Crippen LogP) is 2.45. The third-order valence-electron chi connectivity index (χ3n) is 3.09. The normalized spacial score (nSPS) is 13.5. The molecular weight excluding hydrogens is 286 g/mol. The molecule has 0 aromatic carbocycles. The van der Waals surface area contributed by atoms with Gasteiger partial charge in [0.25, 0.3) is 0 Å². The molecule has 0 radical (unpaired) electrons. The van der Waals surface area contributed by atoms with Crippen molar-refractivity contribution in [2.45, 2.75) is 39.2 Å². The SMILES string of the molecule is CC(Nc1ccc2nnnn2n1)c1nc(C(C)(C)C)cs1. The van der Waals surface area contributed by atoms with Crippen molar-refractivity contribution in [2.75, 3.05) is 5.32 Å². The lowest BCUT2D eigenvalue weighted by Gasteiger charge is -2.15. The van der Waals surface area contributed by atoms with E-state index in [1.165, 1.54) is 4.63 Å². The van der Waals surface area contributed by atoms with Crippen LogP contribution in [0.1, 0.15) is 44.4 Å². The first-order valence-electron chi connectivity index (χ1n) is 6.71. The van der Waals surface area contributed by atoms with E-state index in [9.17, 15) is 0 Å². The number of hydrogen-bond donors (Lipinski definition) is 1. The molecule has 0 spiro atoms. The molecular formula is C13H17N7S. The number of nitrogens with one attached hydrogen (secondary N) is 1. The van der Waals surface area contributed by atoms with Gasteiger partial charge in [-0.05, 0) is 29.5 Å². The first-order valence-corrected chi connectivity index (χ1v) is 7.59. The van der Waals surface area contributed by atoms with Gasteiger partial charge in [-0.1, -0.05) is 20.8 Å². The van der Waals surface area contributed by atoms with E-state index in [1.54, 1.807) is 11.3 Å². The molecule has 21 heavy (non-hydrogen) atoms. The third-order valence-corrected chi connectivity index (χ3v) is 4.12. The second-order valence-corrected chi connectivity index (χ2v) is 6.82. The average Bonchev–Trinajstić information content (AvgIpc) is 3.06. The van der Waals surface area contributed by atoms with Gasteiger partial charge in [0.2, 0.25) is 0 Å². The van der Waals surface area contributed by atoms with Gasteiger partial charge in [-0.3, -0.25) is 0 Å². The fraction of sp³-hybridized carbons (Fsp3) is 0.462. The molecule has 0 aliphatic rings. The summed E-state index contributed by atoms with van der Waals surface area (Å²) < 4.78 is 1.40. The van der Waals surface area contributed by atoms with Gasteiger partial charge in [-0.25, -0.2) is 4.98 Å². The van der Waals surface area contributed by atoms with Crippen LogP contribution < -0.4 is 5.32 Å². The van der Waals surface area contributed by atoms with Crippen LogP contribution in [-0.4, -0.2) is 30.2 Å². The minimum absolute atomic E-state index is 0.0675. The molecule has 3 aromatic heterocycles. The number of rotatable bonds is 3. The summed E-state index contributed by atoms with van der Waals surface area (Å²) >= 11 is 1.66. The number of hydrogen-bond acceptors (Lipinski definition) is 7. The van der Waals surface area contributed by atoms with E-state index in [-0.39, 0.29) is 11.5 Å². The number of aromatic nitrogens is 6. The van der Waals surface area contributed by atoms with Crippen molar-refractivity contribution in [3.05, 3.63) is 28.2 Å². The Labute approximate surface area is 126 Å². The Hall–Kier alpha value is -2.09. The quantitative estimate of drug-likeness (QED) is 0.800. The maximum absolute atomic E-state index is 4.71. The second-order valence-electron chi connectivity index (χ2n) is 5.93. The number of nitrogens with zero attached hydrogens (tertiary/aromatic N) is 6. The smallest absolute Gasteiger partial charge is 0.200 e. The lowest BCUT2D eigenvalue weighted by Crippen LogP contribution is -2.13. The molecule has 0 fully saturated rings. The summed E-state index contributed by atoms with van der Waals surface area (Å²) in [6.45, 7) is 8.56. The zero-order chi connectivity index (χ0) is 15.0. The van der Waals surface area contributed by atoms with Crippen molar-refractivity contribution in [3.63, 3.8) is 0 Å². The van der Waals surface area contributed by atoms with Crippen LogP contribution in [-0.2, 0) is 5.41 Å². The first kappa shape index (κ1) is 13.9. The molecule has 110 valence electrons. The van der Waals surface area contributed by atoms with E-state index >= 15 is 0 Å². The van der Waals surface area contributed by atoms with E-state index in [1.807, 2.05) is 12.1 Å². The van der Waals surface area contributed by atoms with Crippen LogP contribution in [0.25, 0.3) is 5.65 Å². The highest BCUT2D eigenvalue weighted by Crippen LogP contribution is 2.28. The molecule has 8 heteroatoms. The summed E-state index contributed by atoms with van der Waals surface area (Å²) in [5.74, 6) is 0.717. The summed E-state index contributed by atoms with van der Waals surface area (Å²) in [7, 11) is 0. The summed E-state index contributed by atoms with van der Waals surface area (Å²) in [5.41, 5.74) is 1.80. The van der Waals surface area contributed by atoms with Crippen LogP contribution in [0.15, 0.2) is 17.5 Å². The molecule has 1 unspecified atom stereocenters. The molecule has 1 N–H and O–H groups in total. The predicted molar refractivity (Wildman–Crippen MR) is 81.4 cm³/mol. The average molecular weight is 303 g/mol. The molecule has 0 amide bonds. The number of tetrazole rings is 1. The highest BCUT2D eigenvalue weighted by Gasteiger charge is 2.19. The molecule has 1 atom stereocenters. The van der Waals surface area contributed by atoms with E-state index in [0.29, 0.717) is 5.65 Å². The van der Waals surface area contributed by atoms with Gasteiger partial charge in [0.05, 0.1) is 11.7 Å². The zero-order valence-electron chi connectivity index (χ0n) is 12.4. The van der Waals surface area contributed by atoms with Gasteiger partial charge in [-0.15, -0.1) is 26.2 Å². The molecule has 0 saturated heterocycles. The molecule has 7 nitrogen and oxygen atoms in total. The van der Waals surface area contributed by atoms with Gasteiger partial charge in [0.1, 0.15) is 10.8 Å². The van der Waals surface area contributed by atoms with Crippen molar-refractivity contribution in [2.24, 2.45) is 0 Å². The van der Waals surface area contributed by atoms with Crippen LogP contribution in [0.3, 0.4) is 0 Å². The molecule has 3 aromatic rings. The van der Waals surface area contributed by atoms with Crippen molar-refractivity contribution in [3.8, 4) is 0 Å². The Morgan fingerprint density at radius 1 is 1.29 bits per heavy atom. The van der Waals surface area contributed by atoms with Gasteiger partial charge in [0, 0.05) is 10.8 Å². The maximum atomic E-state index is 4.71. The summed E-state index contributed by atoms with van der Waals surface area (Å²) in [4.78, 5) is 4.71. The van der Waals surface area contributed by atoms with E-state index < -0.39 is 0 Å². The number of thiazole rings is 1. The summed E-state index contributed by atoms with van der Waals surface area (Å²) in [6.07, 6.45) is 0. The zero-order valence-corrected chi connectivity index (χ0v) is 13.2. The Balaban J connectivity index is 1.79. The highest BCUT2D eigenvalue weighted by atomic mass is 32.1.